The molecular weight excluding hydrogens is 204 g/mol. The fourth-order valence-electron chi connectivity index (χ4n) is 0.899. The summed E-state index contributed by atoms with van der Waals surface area (Å²) >= 11 is 5.63. The van der Waals surface area contributed by atoms with Crippen LogP contribution in [-0.4, -0.2) is 23.9 Å². The van der Waals surface area contributed by atoms with E-state index in [0.717, 1.165) is 0 Å². The first-order valence-corrected chi connectivity index (χ1v) is 4.35. The van der Waals surface area contributed by atoms with Crippen LogP contribution in [0, 0.1) is 11.3 Å². The number of furan rings is 1. The third-order valence-electron chi connectivity index (χ3n) is 1.94. The van der Waals surface area contributed by atoms with Crippen LogP contribution in [0.25, 0.3) is 0 Å². The second-order valence-corrected chi connectivity index (χ2v) is 3.17. The summed E-state index contributed by atoms with van der Waals surface area (Å²) in [6.45, 7) is 1.63. The van der Waals surface area contributed by atoms with E-state index in [1.54, 1.807) is 14.0 Å². The van der Waals surface area contributed by atoms with E-state index in [2.05, 4.69) is 0 Å². The van der Waals surface area contributed by atoms with Crippen molar-refractivity contribution in [1.82, 2.24) is 4.90 Å². The summed E-state index contributed by atoms with van der Waals surface area (Å²) in [6, 6.07) is 2.94. The Balaban J connectivity index is 2.87. The van der Waals surface area contributed by atoms with Crippen LogP contribution in [0.4, 0.5) is 0 Å². The molecule has 5 heteroatoms. The van der Waals surface area contributed by atoms with E-state index in [0.29, 0.717) is 0 Å². The molecule has 0 saturated carbocycles. The topological polar surface area (TPSA) is 57.2 Å². The van der Waals surface area contributed by atoms with Gasteiger partial charge in [0.15, 0.2) is 0 Å². The number of nitriles is 1. The van der Waals surface area contributed by atoms with Crippen molar-refractivity contribution in [2.75, 3.05) is 7.05 Å². The van der Waals surface area contributed by atoms with Gasteiger partial charge in [-0.1, -0.05) is 0 Å². The van der Waals surface area contributed by atoms with E-state index in [1.807, 2.05) is 6.07 Å². The summed E-state index contributed by atoms with van der Waals surface area (Å²) in [4.78, 5) is 13.0. The molecule has 0 aliphatic rings. The molecule has 1 aromatic heterocycles. The van der Waals surface area contributed by atoms with E-state index < -0.39 is 6.04 Å². The molecule has 4 nitrogen and oxygen atoms in total. The fourth-order valence-corrected chi connectivity index (χ4v) is 1.09. The van der Waals surface area contributed by atoms with E-state index in [9.17, 15) is 4.79 Å². The zero-order valence-corrected chi connectivity index (χ0v) is 8.58. The zero-order chi connectivity index (χ0) is 10.7. The molecule has 0 fully saturated rings. The Kier molecular flexibility index (Phi) is 3.15. The quantitative estimate of drug-likeness (QED) is 0.753. The van der Waals surface area contributed by atoms with Gasteiger partial charge in [-0.05, 0) is 24.6 Å². The third kappa shape index (κ3) is 1.88. The number of hydrogen-bond acceptors (Lipinski definition) is 3. The average molecular weight is 213 g/mol. The maximum atomic E-state index is 11.7. The van der Waals surface area contributed by atoms with Gasteiger partial charge in [0, 0.05) is 7.05 Å². The Morgan fingerprint density at radius 2 is 2.43 bits per heavy atom. The summed E-state index contributed by atoms with van der Waals surface area (Å²) < 4.78 is 4.78. The first kappa shape index (κ1) is 10.6. The number of carbonyl (C=O) groups excluding carboxylic acids is 1. The van der Waals surface area contributed by atoms with Crippen LogP contribution >= 0.6 is 11.6 Å². The predicted molar refractivity (Wildman–Crippen MR) is 50.9 cm³/mol. The monoisotopic (exact) mass is 212 g/mol. The number of nitrogens with zero attached hydrogens (tertiary/aromatic N) is 2. The molecular formula is C9H9ClN2O2. The molecule has 14 heavy (non-hydrogen) atoms. The lowest BCUT2D eigenvalue weighted by Gasteiger charge is -2.18. The summed E-state index contributed by atoms with van der Waals surface area (Å²) in [6.07, 6.45) is 1.33. The molecule has 1 aromatic rings. The largest absolute Gasteiger partial charge is 0.452 e. The molecule has 0 N–H and O–H groups in total. The van der Waals surface area contributed by atoms with E-state index in [-0.39, 0.29) is 16.7 Å². The summed E-state index contributed by atoms with van der Waals surface area (Å²) in [5.74, 6) is -0.321. The molecule has 1 heterocycles. The average Bonchev–Trinajstić information content (AvgIpc) is 2.61. The first-order chi connectivity index (χ1) is 6.57. The van der Waals surface area contributed by atoms with Gasteiger partial charge >= 0.3 is 0 Å². The lowest BCUT2D eigenvalue weighted by molar-refractivity contribution is 0.0772. The van der Waals surface area contributed by atoms with Crippen molar-refractivity contribution in [2.24, 2.45) is 0 Å². The molecule has 0 aliphatic heterocycles. The molecule has 1 unspecified atom stereocenters. The van der Waals surface area contributed by atoms with Crippen LogP contribution < -0.4 is 0 Å². The van der Waals surface area contributed by atoms with Crippen molar-refractivity contribution in [3.8, 4) is 6.07 Å². The van der Waals surface area contributed by atoms with Crippen molar-refractivity contribution < 1.29 is 9.21 Å². The normalized spacial score (nSPS) is 11.9. The highest BCUT2D eigenvalue weighted by Crippen LogP contribution is 2.18. The van der Waals surface area contributed by atoms with Gasteiger partial charge in [0.05, 0.1) is 17.9 Å². The number of amides is 1. The minimum atomic E-state index is -0.492. The maximum Gasteiger partial charge on any atom is 0.259 e. The van der Waals surface area contributed by atoms with Crippen LogP contribution in [0.3, 0.4) is 0 Å². The predicted octanol–water partition coefficient (Wildman–Crippen LogP) is 1.92. The van der Waals surface area contributed by atoms with Crippen LogP contribution in [0.5, 0.6) is 0 Å². The molecule has 74 valence electrons. The lowest BCUT2D eigenvalue weighted by Crippen LogP contribution is -2.33. The molecule has 1 amide bonds. The Morgan fingerprint density at radius 1 is 1.79 bits per heavy atom. The van der Waals surface area contributed by atoms with Crippen LogP contribution in [0.2, 0.25) is 5.22 Å². The Morgan fingerprint density at radius 3 is 2.86 bits per heavy atom. The SMILES string of the molecule is CC(C#N)N(C)C(=O)c1ccoc1Cl. The van der Waals surface area contributed by atoms with Gasteiger partial charge in [-0.3, -0.25) is 4.79 Å². The molecule has 0 aliphatic carbocycles. The molecule has 0 bridgehead atoms. The highest BCUT2D eigenvalue weighted by atomic mass is 35.5. The van der Waals surface area contributed by atoms with Crippen LogP contribution in [0.1, 0.15) is 17.3 Å². The van der Waals surface area contributed by atoms with Crippen molar-refractivity contribution in [3.05, 3.63) is 23.1 Å². The van der Waals surface area contributed by atoms with Gasteiger partial charge in [0.2, 0.25) is 5.22 Å². The van der Waals surface area contributed by atoms with Gasteiger partial charge in [-0.15, -0.1) is 0 Å². The third-order valence-corrected chi connectivity index (χ3v) is 2.23. The van der Waals surface area contributed by atoms with Gasteiger partial charge in [0.1, 0.15) is 6.04 Å². The van der Waals surface area contributed by atoms with Crippen molar-refractivity contribution >= 4 is 17.5 Å². The lowest BCUT2D eigenvalue weighted by atomic mass is 10.2. The fraction of sp³-hybridized carbons (Fsp3) is 0.333. The number of halogens is 1. The second-order valence-electron chi connectivity index (χ2n) is 2.83. The smallest absolute Gasteiger partial charge is 0.259 e. The van der Waals surface area contributed by atoms with E-state index >= 15 is 0 Å². The molecule has 0 aromatic carbocycles. The van der Waals surface area contributed by atoms with E-state index in [1.165, 1.54) is 17.2 Å². The summed E-state index contributed by atoms with van der Waals surface area (Å²) in [5.41, 5.74) is 0.274. The van der Waals surface area contributed by atoms with Gasteiger partial charge in [-0.25, -0.2) is 0 Å². The van der Waals surface area contributed by atoms with Crippen molar-refractivity contribution in [3.63, 3.8) is 0 Å². The minimum Gasteiger partial charge on any atom is -0.452 e. The number of hydrogen-bond donors (Lipinski definition) is 0. The van der Waals surface area contributed by atoms with Crippen LogP contribution in [-0.2, 0) is 0 Å². The molecule has 0 saturated heterocycles. The highest BCUT2D eigenvalue weighted by molar-refractivity contribution is 6.32. The standard InChI is InChI=1S/C9H9ClN2O2/c1-6(5-11)12(2)9(13)7-3-4-14-8(7)10/h3-4,6H,1-2H3. The molecule has 0 radical (unpaired) electrons. The van der Waals surface area contributed by atoms with Gasteiger partial charge in [-0.2, -0.15) is 5.26 Å². The highest BCUT2D eigenvalue weighted by Gasteiger charge is 2.20. The first-order valence-electron chi connectivity index (χ1n) is 3.97. The van der Waals surface area contributed by atoms with Gasteiger partial charge < -0.3 is 9.32 Å². The van der Waals surface area contributed by atoms with Crippen LogP contribution in [0.15, 0.2) is 16.7 Å². The molecule has 1 rings (SSSR count). The maximum absolute atomic E-state index is 11.7. The minimum absolute atomic E-state index is 0.0481. The van der Waals surface area contributed by atoms with Crippen molar-refractivity contribution in [2.45, 2.75) is 13.0 Å². The Bertz CT molecular complexity index is 380. The molecule has 0 spiro atoms. The van der Waals surface area contributed by atoms with Crippen molar-refractivity contribution in [1.29, 1.82) is 5.26 Å². The molecule has 1 atom stereocenters. The summed E-state index contributed by atoms with van der Waals surface area (Å²) in [5, 5.41) is 8.67. The summed E-state index contributed by atoms with van der Waals surface area (Å²) in [7, 11) is 1.54. The Hall–Kier alpha value is -1.47. The van der Waals surface area contributed by atoms with E-state index in [4.69, 9.17) is 21.3 Å². The Labute approximate surface area is 86.7 Å². The second kappa shape index (κ2) is 4.16. The van der Waals surface area contributed by atoms with Gasteiger partial charge in [0.25, 0.3) is 5.91 Å². The zero-order valence-electron chi connectivity index (χ0n) is 7.82. The number of carbonyl (C=O) groups is 1. The number of rotatable bonds is 2.